The molecule has 0 saturated carbocycles. The number of aliphatic carboxylic acids is 4. The quantitative estimate of drug-likeness (QED) is 0.266. The zero-order valence-electron chi connectivity index (χ0n) is 12.8. The second kappa shape index (κ2) is 16.7. The van der Waals surface area contributed by atoms with Crippen molar-refractivity contribution >= 4 is 23.9 Å². The number of hydrogen-bond acceptors (Lipinski definition) is 10. The molecule has 136 valence electrons. The first-order chi connectivity index (χ1) is 8.05. The normalized spacial score (nSPS) is 8.09. The molecule has 0 atom stereocenters. The largest absolute Gasteiger partial charge is 0.550 e. The minimum absolute atomic E-state index is 0. The Morgan fingerprint density at radius 1 is 0.727 bits per heavy atom. The molecule has 0 radical (unpaired) electrons. The zero-order chi connectivity index (χ0) is 14.9. The first kappa shape index (κ1) is 36.7. The van der Waals surface area contributed by atoms with Crippen LogP contribution < -0.4 is 45.0 Å². The first-order valence-electron chi connectivity index (χ1n) is 4.19. The van der Waals surface area contributed by atoms with E-state index in [0.717, 1.165) is 0 Å². The van der Waals surface area contributed by atoms with Crippen LogP contribution in [0.25, 0.3) is 0 Å². The first-order valence-corrected chi connectivity index (χ1v) is 4.19. The second-order valence-electron chi connectivity index (χ2n) is 2.95. The van der Waals surface area contributed by atoms with Crippen molar-refractivity contribution in [2.75, 3.05) is 6.61 Å². The Balaban J connectivity index is -0.0000000627. The number of aliphatic hydroxyl groups excluding tert-OH is 1. The smallest absolute Gasteiger partial charge is 0.114 e. The number of quaternary nitrogens is 4. The van der Waals surface area contributed by atoms with Crippen molar-refractivity contribution in [3.05, 3.63) is 0 Å². The highest BCUT2D eigenvalue weighted by molar-refractivity contribution is 5.86. The highest BCUT2D eigenvalue weighted by atomic mass is 16.4. The van der Waals surface area contributed by atoms with Gasteiger partial charge in [0.2, 0.25) is 0 Å². The molecule has 14 heteroatoms. The fourth-order valence-corrected chi connectivity index (χ4v) is 0.684. The number of carboxylic acid groups (broad SMARTS) is 4. The number of rotatable bonds is 6. The average Bonchev–Trinajstić information content (AvgIpc) is 2.15. The molecule has 0 aromatic heterocycles. The summed E-state index contributed by atoms with van der Waals surface area (Å²) in [5.41, 5.74) is -2.97. The van der Waals surface area contributed by atoms with Crippen LogP contribution in [0.15, 0.2) is 0 Å². The lowest BCUT2D eigenvalue weighted by Crippen LogP contribution is -2.54. The van der Waals surface area contributed by atoms with Crippen molar-refractivity contribution in [3.8, 4) is 0 Å². The van der Waals surface area contributed by atoms with Crippen LogP contribution in [0.5, 0.6) is 0 Å². The molecule has 18 N–H and O–H groups in total. The van der Waals surface area contributed by atoms with Crippen LogP contribution in [-0.4, -0.2) is 46.3 Å². The van der Waals surface area contributed by atoms with Crippen molar-refractivity contribution in [3.63, 3.8) is 0 Å². The number of hydrogen-bond donors (Lipinski definition) is 6. The maximum Gasteiger partial charge on any atom is 0.114 e. The van der Waals surface area contributed by atoms with E-state index in [1.807, 2.05) is 0 Å². The molecule has 0 unspecified atom stereocenters. The Morgan fingerprint density at radius 3 is 1.05 bits per heavy atom. The summed E-state index contributed by atoms with van der Waals surface area (Å²) in [6, 6.07) is 0. The summed E-state index contributed by atoms with van der Waals surface area (Å²) in [5, 5.41) is 55.4. The number of carboxylic acids is 4. The van der Waals surface area contributed by atoms with Gasteiger partial charge in [-0.25, -0.2) is 0 Å². The van der Waals surface area contributed by atoms with Gasteiger partial charge < -0.3 is 74.4 Å². The summed E-state index contributed by atoms with van der Waals surface area (Å²) < 4.78 is 0. The lowest BCUT2D eigenvalue weighted by Gasteiger charge is -2.29. The number of carbonyl (C=O) groups is 4. The number of aliphatic hydroxyl groups is 2. The van der Waals surface area contributed by atoms with Gasteiger partial charge in [0.1, 0.15) is 5.60 Å². The molecule has 0 amide bonds. The fourth-order valence-electron chi connectivity index (χ4n) is 0.684. The minimum atomic E-state index is -2.97. The summed E-state index contributed by atoms with van der Waals surface area (Å²) in [7, 11) is 0. The van der Waals surface area contributed by atoms with Crippen LogP contribution in [0.1, 0.15) is 12.8 Å². The van der Waals surface area contributed by atoms with Crippen LogP contribution in [0.3, 0.4) is 0 Å². The van der Waals surface area contributed by atoms with E-state index >= 15 is 0 Å². The molecule has 0 spiro atoms. The maximum absolute atomic E-state index is 10.1. The summed E-state index contributed by atoms with van der Waals surface area (Å²) >= 11 is 0. The third-order valence-electron chi connectivity index (χ3n) is 1.38. The molecule has 0 aliphatic rings. The van der Waals surface area contributed by atoms with Gasteiger partial charge in [-0.15, -0.1) is 0 Å². The summed E-state index contributed by atoms with van der Waals surface area (Å²) in [6.07, 6.45) is -2.72. The van der Waals surface area contributed by atoms with E-state index in [1.165, 1.54) is 0 Å². The molecule has 0 aliphatic carbocycles. The molecule has 0 heterocycles. The monoisotopic (exact) mass is 336 g/mol. The van der Waals surface area contributed by atoms with Gasteiger partial charge in [-0.3, -0.25) is 0 Å². The molecule has 0 rings (SSSR count). The van der Waals surface area contributed by atoms with Crippen LogP contribution in [0, 0.1) is 0 Å². The lowest BCUT2D eigenvalue weighted by atomic mass is 9.96. The molecule has 0 saturated heterocycles. The zero-order valence-corrected chi connectivity index (χ0v) is 12.8. The van der Waals surface area contributed by atoms with Gasteiger partial charge in [0.05, 0.1) is 18.5 Å². The van der Waals surface area contributed by atoms with E-state index in [1.54, 1.807) is 0 Å². The molecular formula is C8H24N4O10. The number of carbonyl (C=O) groups excluding carboxylic acids is 4. The predicted octanol–water partition coefficient (Wildman–Crippen LogP) is -6.02. The van der Waals surface area contributed by atoms with E-state index in [-0.39, 0.29) is 24.6 Å². The highest BCUT2D eigenvalue weighted by Gasteiger charge is 2.29. The van der Waals surface area contributed by atoms with Gasteiger partial charge in [0.15, 0.2) is 0 Å². The van der Waals surface area contributed by atoms with Crippen molar-refractivity contribution in [2.45, 2.75) is 18.4 Å². The molecule has 0 bridgehead atoms. The summed E-state index contributed by atoms with van der Waals surface area (Å²) in [4.78, 5) is 39.0. The Morgan fingerprint density at radius 2 is 0.955 bits per heavy atom. The second-order valence-corrected chi connectivity index (χ2v) is 2.95. The van der Waals surface area contributed by atoms with Gasteiger partial charge in [0, 0.05) is 24.8 Å². The standard InChI is InChI=1S/C6H8O7.C2H4O3.4H3N/c7-3(8)1-6(13,5(11)12)2-4(9)10;3-1-2(4)5;;;;/h13H,1-2H2,(H,7,8)(H,9,10)(H,11,12);3H,1H2,(H,4,5);4*1H3. The van der Waals surface area contributed by atoms with E-state index in [2.05, 4.69) is 0 Å². The third-order valence-corrected chi connectivity index (χ3v) is 1.38. The Hall–Kier alpha value is -2.36. The Bertz CT molecular complexity index is 332. The molecule has 0 fully saturated rings. The van der Waals surface area contributed by atoms with E-state index in [9.17, 15) is 29.7 Å². The van der Waals surface area contributed by atoms with Crippen molar-refractivity contribution in [1.29, 1.82) is 0 Å². The molecular weight excluding hydrogens is 312 g/mol. The van der Waals surface area contributed by atoms with Crippen LogP contribution in [-0.2, 0) is 19.2 Å². The van der Waals surface area contributed by atoms with Gasteiger partial charge in [-0.1, -0.05) is 0 Å². The fraction of sp³-hybridized carbons (Fsp3) is 0.500. The topological polar surface area (TPSA) is 347 Å². The van der Waals surface area contributed by atoms with E-state index < -0.39 is 48.9 Å². The predicted molar refractivity (Wildman–Crippen MR) is 65.2 cm³/mol. The van der Waals surface area contributed by atoms with E-state index in [0.29, 0.717) is 0 Å². The maximum atomic E-state index is 10.1. The van der Waals surface area contributed by atoms with Crippen LogP contribution in [0.2, 0.25) is 0 Å². The Kier molecular flexibility index (Phi) is 27.8. The van der Waals surface area contributed by atoms with Gasteiger partial charge in [-0.2, -0.15) is 0 Å². The molecule has 0 aromatic carbocycles. The van der Waals surface area contributed by atoms with Gasteiger partial charge in [-0.05, 0) is 0 Å². The molecule has 0 aliphatic heterocycles. The Labute approximate surface area is 124 Å². The minimum Gasteiger partial charge on any atom is -0.550 e. The summed E-state index contributed by atoms with van der Waals surface area (Å²) in [6.45, 7) is -0.889. The summed E-state index contributed by atoms with van der Waals surface area (Å²) in [5.74, 6) is -7.42. The molecule has 22 heavy (non-hydrogen) atoms. The van der Waals surface area contributed by atoms with Gasteiger partial charge >= 0.3 is 0 Å². The van der Waals surface area contributed by atoms with Crippen molar-refractivity contribution in [1.82, 2.24) is 24.6 Å². The van der Waals surface area contributed by atoms with Gasteiger partial charge in [0.25, 0.3) is 0 Å². The lowest BCUT2D eigenvalue weighted by molar-refractivity contribution is -0.339. The van der Waals surface area contributed by atoms with E-state index in [4.69, 9.17) is 20.1 Å². The third kappa shape index (κ3) is 20.0. The average molecular weight is 336 g/mol. The molecule has 0 aromatic rings. The SMILES string of the molecule is O=C([O-])CC(O)(CC(=O)[O-])C(=O)[O-].O=C([O-])CO.[NH4+].[NH4+].[NH4+].[NH4+]. The van der Waals surface area contributed by atoms with Crippen molar-refractivity contribution < 1.29 is 49.8 Å². The van der Waals surface area contributed by atoms with Crippen molar-refractivity contribution in [2.24, 2.45) is 0 Å². The van der Waals surface area contributed by atoms with Crippen LogP contribution in [0.4, 0.5) is 0 Å². The highest BCUT2D eigenvalue weighted by Crippen LogP contribution is 2.13. The van der Waals surface area contributed by atoms with Crippen LogP contribution >= 0.6 is 0 Å². The molecule has 14 nitrogen and oxygen atoms in total.